The number of nitrogens with one attached hydrogen (secondary N) is 1. The van der Waals surface area contributed by atoms with Crippen LogP contribution in [-0.4, -0.2) is 28.0 Å². The number of fused-ring (bicyclic) bond motifs is 3. The van der Waals surface area contributed by atoms with Crippen LogP contribution in [0.25, 0.3) is 10.2 Å². The van der Waals surface area contributed by atoms with Gasteiger partial charge in [0, 0.05) is 18.0 Å². The molecule has 0 fully saturated rings. The molecule has 0 radical (unpaired) electrons. The molecule has 7 heteroatoms. The molecule has 4 nitrogen and oxygen atoms in total. The number of aromatic nitrogens is 2. The molecule has 3 aromatic rings. The number of hydrogen-bond donors (Lipinski definition) is 1. The van der Waals surface area contributed by atoms with Gasteiger partial charge < -0.3 is 9.47 Å². The van der Waals surface area contributed by atoms with E-state index in [1.807, 2.05) is 16.7 Å². The van der Waals surface area contributed by atoms with Crippen molar-refractivity contribution in [1.82, 2.24) is 14.5 Å². The first-order chi connectivity index (χ1) is 11.5. The van der Waals surface area contributed by atoms with Gasteiger partial charge in [0.25, 0.3) is 0 Å². The Bertz CT molecular complexity index is 992. The summed E-state index contributed by atoms with van der Waals surface area (Å²) < 4.78 is 1.87. The van der Waals surface area contributed by atoms with Gasteiger partial charge in [-0.2, -0.15) is 0 Å². The number of thiophene rings is 1. The molecule has 124 valence electrons. The summed E-state index contributed by atoms with van der Waals surface area (Å²) in [5.74, 6) is 0. The summed E-state index contributed by atoms with van der Waals surface area (Å²) in [6, 6.07) is 5.57. The minimum atomic E-state index is 0.521. The van der Waals surface area contributed by atoms with Gasteiger partial charge in [0.1, 0.15) is 10.3 Å². The molecule has 0 unspecified atom stereocenters. The predicted octanol–water partition coefficient (Wildman–Crippen LogP) is 3.92. The van der Waals surface area contributed by atoms with Crippen LogP contribution in [0.2, 0.25) is 10.0 Å². The van der Waals surface area contributed by atoms with Gasteiger partial charge >= 0.3 is 0 Å². The lowest BCUT2D eigenvalue weighted by atomic mass is 10.1. The maximum absolute atomic E-state index is 8.65. The van der Waals surface area contributed by atoms with Crippen LogP contribution in [0, 0.1) is 5.41 Å². The molecule has 4 rings (SSSR count). The summed E-state index contributed by atoms with van der Waals surface area (Å²) in [5.41, 5.74) is 2.83. The highest BCUT2D eigenvalue weighted by atomic mass is 35.5. The number of benzene rings is 1. The molecule has 0 spiro atoms. The Morgan fingerprint density at radius 2 is 2.12 bits per heavy atom. The van der Waals surface area contributed by atoms with E-state index in [-0.39, 0.29) is 0 Å². The van der Waals surface area contributed by atoms with E-state index in [2.05, 4.69) is 16.9 Å². The summed E-state index contributed by atoms with van der Waals surface area (Å²) in [6.45, 7) is 2.53. The van der Waals surface area contributed by atoms with Crippen LogP contribution in [0.15, 0.2) is 24.5 Å². The van der Waals surface area contributed by atoms with Crippen LogP contribution in [0.1, 0.15) is 16.0 Å². The van der Waals surface area contributed by atoms with Gasteiger partial charge in [0.15, 0.2) is 0 Å². The fraction of sp³-hybridized carbons (Fsp3) is 0.294. The third kappa shape index (κ3) is 2.75. The molecule has 1 aliphatic rings. The molecule has 1 aromatic carbocycles. The summed E-state index contributed by atoms with van der Waals surface area (Å²) in [4.78, 5) is 9.21. The van der Waals surface area contributed by atoms with Gasteiger partial charge in [-0.05, 0) is 36.7 Å². The van der Waals surface area contributed by atoms with Crippen LogP contribution in [0.5, 0.6) is 0 Å². The monoisotopic (exact) mass is 378 g/mol. The van der Waals surface area contributed by atoms with Gasteiger partial charge in [-0.3, -0.25) is 5.41 Å². The summed E-state index contributed by atoms with van der Waals surface area (Å²) >= 11 is 13.8. The Kier molecular flexibility index (Phi) is 4.12. The van der Waals surface area contributed by atoms with E-state index in [0.717, 1.165) is 35.3 Å². The normalized spacial score (nSPS) is 15.0. The number of nitrogens with zero attached hydrogens (tertiary/aromatic N) is 3. The van der Waals surface area contributed by atoms with Crippen molar-refractivity contribution in [3.63, 3.8) is 0 Å². The van der Waals surface area contributed by atoms with Crippen molar-refractivity contribution in [2.45, 2.75) is 19.5 Å². The maximum Gasteiger partial charge on any atom is 0.136 e. The average Bonchev–Trinajstić information content (AvgIpc) is 2.91. The molecule has 3 heterocycles. The maximum atomic E-state index is 8.65. The molecule has 1 N–H and O–H groups in total. The van der Waals surface area contributed by atoms with Crippen molar-refractivity contribution in [2.24, 2.45) is 0 Å². The topological polar surface area (TPSA) is 44.9 Å². The van der Waals surface area contributed by atoms with Crippen molar-refractivity contribution in [3.8, 4) is 0 Å². The highest BCUT2D eigenvalue weighted by Gasteiger charge is 2.21. The largest absolute Gasteiger partial charge is 0.312 e. The van der Waals surface area contributed by atoms with Crippen molar-refractivity contribution in [2.75, 3.05) is 13.6 Å². The van der Waals surface area contributed by atoms with Crippen molar-refractivity contribution in [3.05, 3.63) is 56.1 Å². The SMILES string of the molecule is CN1CCc2c(sc3ncn(Cc4ccc(Cl)c(Cl)c4)c(=N)c23)C1. The highest BCUT2D eigenvalue weighted by molar-refractivity contribution is 7.18. The minimum absolute atomic E-state index is 0.521. The molecule has 0 atom stereocenters. The number of rotatable bonds is 2. The summed E-state index contributed by atoms with van der Waals surface area (Å²) in [7, 11) is 2.13. The Balaban J connectivity index is 1.78. The van der Waals surface area contributed by atoms with E-state index in [4.69, 9.17) is 28.6 Å². The molecule has 24 heavy (non-hydrogen) atoms. The average molecular weight is 379 g/mol. The third-order valence-corrected chi connectivity index (χ3v) is 6.27. The molecule has 0 aliphatic carbocycles. The van der Waals surface area contributed by atoms with Crippen molar-refractivity contribution in [1.29, 1.82) is 5.41 Å². The highest BCUT2D eigenvalue weighted by Crippen LogP contribution is 2.31. The molecule has 0 saturated heterocycles. The third-order valence-electron chi connectivity index (χ3n) is 4.40. The Hall–Kier alpha value is -1.40. The molecule has 0 saturated carbocycles. The second kappa shape index (κ2) is 6.15. The van der Waals surface area contributed by atoms with Gasteiger partial charge in [-0.1, -0.05) is 29.3 Å². The van der Waals surface area contributed by atoms with Crippen LogP contribution in [0.4, 0.5) is 0 Å². The second-order valence-corrected chi connectivity index (χ2v) is 8.04. The molecule has 2 aromatic heterocycles. The van der Waals surface area contributed by atoms with E-state index in [1.165, 1.54) is 10.4 Å². The Labute approximate surface area is 153 Å². The first-order valence-corrected chi connectivity index (χ1v) is 9.27. The molecular formula is C17H16Cl2N4S. The Morgan fingerprint density at radius 3 is 2.92 bits per heavy atom. The van der Waals surface area contributed by atoms with Crippen molar-refractivity contribution < 1.29 is 0 Å². The first kappa shape index (κ1) is 16.1. The van der Waals surface area contributed by atoms with Crippen molar-refractivity contribution >= 4 is 44.8 Å². The fourth-order valence-corrected chi connectivity index (χ4v) is 4.72. The lowest BCUT2D eigenvalue weighted by molar-refractivity contribution is 0.318. The van der Waals surface area contributed by atoms with Crippen LogP contribution < -0.4 is 5.49 Å². The first-order valence-electron chi connectivity index (χ1n) is 7.69. The zero-order chi connectivity index (χ0) is 16.8. The Morgan fingerprint density at radius 1 is 1.29 bits per heavy atom. The van der Waals surface area contributed by atoms with Crippen LogP contribution in [-0.2, 0) is 19.5 Å². The van der Waals surface area contributed by atoms with E-state index in [9.17, 15) is 0 Å². The fourth-order valence-electron chi connectivity index (χ4n) is 3.13. The number of likely N-dealkylation sites (N-methyl/N-ethyl adjacent to an activating group) is 1. The van der Waals surface area contributed by atoms with Gasteiger partial charge in [0.05, 0.1) is 28.3 Å². The smallest absolute Gasteiger partial charge is 0.136 e. The lowest BCUT2D eigenvalue weighted by Gasteiger charge is -2.22. The van der Waals surface area contributed by atoms with Gasteiger partial charge in [-0.15, -0.1) is 11.3 Å². The van der Waals surface area contributed by atoms with Gasteiger partial charge in [0.2, 0.25) is 0 Å². The summed E-state index contributed by atoms with van der Waals surface area (Å²) in [6.07, 6.45) is 2.73. The molecular weight excluding hydrogens is 363 g/mol. The van der Waals surface area contributed by atoms with E-state index >= 15 is 0 Å². The lowest BCUT2D eigenvalue weighted by Crippen LogP contribution is -2.27. The second-order valence-electron chi connectivity index (χ2n) is 6.14. The zero-order valence-electron chi connectivity index (χ0n) is 13.1. The minimum Gasteiger partial charge on any atom is -0.312 e. The molecule has 1 aliphatic heterocycles. The zero-order valence-corrected chi connectivity index (χ0v) is 15.5. The summed E-state index contributed by atoms with van der Waals surface area (Å²) in [5, 5.41) is 10.7. The molecule has 0 amide bonds. The predicted molar refractivity (Wildman–Crippen MR) is 99.1 cm³/mol. The standard InChI is InChI=1S/C17H16Cl2N4S/c1-22-5-4-11-14(8-22)24-17-15(11)16(20)23(9-21-17)7-10-2-3-12(18)13(19)6-10/h2-3,6,9,20H,4-5,7-8H2,1H3. The number of halogens is 2. The van der Waals surface area contributed by atoms with E-state index < -0.39 is 0 Å². The van der Waals surface area contributed by atoms with E-state index in [1.54, 1.807) is 23.7 Å². The quantitative estimate of drug-likeness (QED) is 0.734. The van der Waals surface area contributed by atoms with Gasteiger partial charge in [-0.25, -0.2) is 4.98 Å². The van der Waals surface area contributed by atoms with E-state index in [0.29, 0.717) is 22.1 Å². The van der Waals surface area contributed by atoms with Crippen LogP contribution >= 0.6 is 34.5 Å². The molecule has 0 bridgehead atoms. The van der Waals surface area contributed by atoms with Crippen LogP contribution in [0.3, 0.4) is 0 Å². The number of hydrogen-bond acceptors (Lipinski definition) is 4.